The summed E-state index contributed by atoms with van der Waals surface area (Å²) < 4.78 is 10.7. The van der Waals surface area contributed by atoms with Crippen LogP contribution in [0.1, 0.15) is 35.8 Å². The molecule has 0 amide bonds. The summed E-state index contributed by atoms with van der Waals surface area (Å²) >= 11 is 1.86. The van der Waals surface area contributed by atoms with Gasteiger partial charge in [-0.05, 0) is 25.2 Å². The first-order valence-electron chi connectivity index (χ1n) is 7.36. The lowest BCUT2D eigenvalue weighted by molar-refractivity contribution is 0.0687. The van der Waals surface area contributed by atoms with Gasteiger partial charge < -0.3 is 14.8 Å². The van der Waals surface area contributed by atoms with Gasteiger partial charge in [0, 0.05) is 25.6 Å². The molecule has 1 N–H and O–H groups in total. The van der Waals surface area contributed by atoms with E-state index in [4.69, 9.17) is 14.5 Å². The molecule has 0 aromatic carbocycles. The van der Waals surface area contributed by atoms with Crippen LogP contribution in [0.5, 0.6) is 0 Å². The predicted molar refractivity (Wildman–Crippen MR) is 82.4 cm³/mol. The Labute approximate surface area is 125 Å². The second kappa shape index (κ2) is 6.98. The maximum Gasteiger partial charge on any atom is 0.116 e. The average molecular weight is 298 g/mol. The molecule has 0 saturated carbocycles. The summed E-state index contributed by atoms with van der Waals surface area (Å²) in [4.78, 5) is 6.38. The minimum Gasteiger partial charge on any atom is -0.383 e. The first kappa shape index (κ1) is 15.9. The normalized spacial score (nSPS) is 17.4. The lowest BCUT2D eigenvalue weighted by Crippen LogP contribution is -2.51. The lowest BCUT2D eigenvalue weighted by atomic mass is 9.87. The van der Waals surface area contributed by atoms with Crippen molar-refractivity contribution in [1.29, 1.82) is 0 Å². The van der Waals surface area contributed by atoms with Crippen LogP contribution in [0, 0.1) is 5.92 Å². The summed E-state index contributed by atoms with van der Waals surface area (Å²) in [7, 11) is 3.49. The van der Waals surface area contributed by atoms with Crippen molar-refractivity contribution in [3.8, 4) is 0 Å². The van der Waals surface area contributed by atoms with Crippen molar-refractivity contribution in [3.63, 3.8) is 0 Å². The van der Waals surface area contributed by atoms with Crippen LogP contribution in [0.2, 0.25) is 0 Å². The van der Waals surface area contributed by atoms with Crippen molar-refractivity contribution in [1.82, 2.24) is 10.3 Å². The van der Waals surface area contributed by atoms with Gasteiger partial charge in [-0.15, -0.1) is 11.3 Å². The molecule has 1 unspecified atom stereocenters. The Morgan fingerprint density at radius 1 is 1.30 bits per heavy atom. The number of nitrogens with zero attached hydrogens (tertiary/aromatic N) is 1. The fraction of sp³-hybridized carbons (Fsp3) is 0.800. The van der Waals surface area contributed by atoms with Crippen LogP contribution in [-0.4, -0.2) is 39.0 Å². The zero-order valence-electron chi connectivity index (χ0n) is 13.0. The molecule has 0 fully saturated rings. The van der Waals surface area contributed by atoms with Crippen molar-refractivity contribution in [3.05, 3.63) is 15.6 Å². The van der Waals surface area contributed by atoms with E-state index in [9.17, 15) is 0 Å². The fourth-order valence-electron chi connectivity index (χ4n) is 2.79. The second-order valence-corrected chi connectivity index (χ2v) is 6.80. The highest BCUT2D eigenvalue weighted by atomic mass is 32.1. The van der Waals surface area contributed by atoms with Crippen LogP contribution in [0.3, 0.4) is 0 Å². The summed E-state index contributed by atoms with van der Waals surface area (Å²) in [5.41, 5.74) is 1.10. The van der Waals surface area contributed by atoms with Crippen molar-refractivity contribution < 1.29 is 9.47 Å². The molecule has 1 aromatic rings. The van der Waals surface area contributed by atoms with Gasteiger partial charge in [-0.3, -0.25) is 0 Å². The van der Waals surface area contributed by atoms with Crippen LogP contribution in [0.25, 0.3) is 0 Å². The van der Waals surface area contributed by atoms with E-state index in [1.807, 2.05) is 11.3 Å². The first-order chi connectivity index (χ1) is 9.64. The van der Waals surface area contributed by atoms with E-state index in [0.29, 0.717) is 19.1 Å². The van der Waals surface area contributed by atoms with Crippen molar-refractivity contribution in [2.24, 2.45) is 5.92 Å². The van der Waals surface area contributed by atoms with Gasteiger partial charge in [-0.1, -0.05) is 13.8 Å². The Hall–Kier alpha value is -0.490. The number of hydrogen-bond acceptors (Lipinski definition) is 5. The smallest absolute Gasteiger partial charge is 0.116 e. The van der Waals surface area contributed by atoms with Crippen molar-refractivity contribution in [2.75, 3.05) is 34.0 Å². The summed E-state index contributed by atoms with van der Waals surface area (Å²) in [6, 6.07) is 0. The maximum absolute atomic E-state index is 5.52. The molecular weight excluding hydrogens is 272 g/mol. The number of thiazole rings is 1. The quantitative estimate of drug-likeness (QED) is 0.748. The molecule has 2 rings (SSSR count). The number of nitrogens with one attached hydrogen (secondary N) is 1. The van der Waals surface area contributed by atoms with Crippen LogP contribution in [0.15, 0.2) is 0 Å². The van der Waals surface area contributed by atoms with E-state index in [2.05, 4.69) is 19.2 Å². The maximum atomic E-state index is 5.52. The van der Waals surface area contributed by atoms with E-state index >= 15 is 0 Å². The van der Waals surface area contributed by atoms with Crippen molar-refractivity contribution in [2.45, 2.75) is 38.6 Å². The summed E-state index contributed by atoms with van der Waals surface area (Å²) in [5.74, 6) is 0.408. The molecule has 1 atom stereocenters. The molecule has 1 aliphatic rings. The largest absolute Gasteiger partial charge is 0.383 e. The lowest BCUT2D eigenvalue weighted by Gasteiger charge is -2.36. The van der Waals surface area contributed by atoms with Crippen LogP contribution < -0.4 is 5.32 Å². The number of methoxy groups -OCH3 is 2. The highest BCUT2D eigenvalue weighted by Gasteiger charge is 2.39. The van der Waals surface area contributed by atoms with Crippen LogP contribution >= 0.6 is 11.3 Å². The van der Waals surface area contributed by atoms with Gasteiger partial charge in [0.05, 0.1) is 24.4 Å². The van der Waals surface area contributed by atoms with Gasteiger partial charge in [0.15, 0.2) is 0 Å². The summed E-state index contributed by atoms with van der Waals surface area (Å²) in [5, 5.41) is 4.81. The molecule has 0 aliphatic heterocycles. The molecule has 5 heteroatoms. The number of ether oxygens (including phenoxy) is 2. The highest BCUT2D eigenvalue weighted by Crippen LogP contribution is 2.37. The summed E-state index contributed by atoms with van der Waals surface area (Å²) in [6.07, 6.45) is 3.57. The van der Waals surface area contributed by atoms with Gasteiger partial charge >= 0.3 is 0 Å². The molecule has 1 aromatic heterocycles. The molecule has 1 heterocycles. The SMILES string of the molecule is COCCNC(COC)(c1nc2c(s1)CCC2)C(C)C. The van der Waals surface area contributed by atoms with Crippen LogP contribution in [0.4, 0.5) is 0 Å². The number of aryl methyl sites for hydroxylation is 2. The zero-order valence-corrected chi connectivity index (χ0v) is 13.8. The molecule has 1 aliphatic carbocycles. The number of aromatic nitrogens is 1. The minimum atomic E-state index is -0.206. The Morgan fingerprint density at radius 3 is 2.70 bits per heavy atom. The first-order valence-corrected chi connectivity index (χ1v) is 8.17. The Morgan fingerprint density at radius 2 is 2.10 bits per heavy atom. The third-order valence-corrected chi connectivity index (χ3v) is 5.42. The van der Waals surface area contributed by atoms with Gasteiger partial charge in [0.1, 0.15) is 5.01 Å². The molecule has 0 saturated heterocycles. The topological polar surface area (TPSA) is 43.4 Å². The predicted octanol–water partition coefficient (Wildman–Crippen LogP) is 2.37. The highest BCUT2D eigenvalue weighted by molar-refractivity contribution is 7.12. The Balaban J connectivity index is 2.27. The number of hydrogen-bond donors (Lipinski definition) is 1. The number of fused-ring (bicyclic) bond motifs is 1. The van der Waals surface area contributed by atoms with E-state index < -0.39 is 0 Å². The zero-order chi connectivity index (χ0) is 14.6. The van der Waals surface area contributed by atoms with Gasteiger partial charge in [-0.2, -0.15) is 0 Å². The minimum absolute atomic E-state index is 0.206. The van der Waals surface area contributed by atoms with Gasteiger partial charge in [0.25, 0.3) is 0 Å². The molecule has 0 radical (unpaired) electrons. The Kier molecular flexibility index (Phi) is 5.55. The van der Waals surface area contributed by atoms with Crippen LogP contribution in [-0.2, 0) is 27.9 Å². The second-order valence-electron chi connectivity index (χ2n) is 5.72. The molecule has 20 heavy (non-hydrogen) atoms. The molecule has 0 bridgehead atoms. The van der Waals surface area contributed by atoms with E-state index in [-0.39, 0.29) is 5.54 Å². The van der Waals surface area contributed by atoms with Crippen molar-refractivity contribution >= 4 is 11.3 Å². The van der Waals surface area contributed by atoms with Gasteiger partial charge in [0.2, 0.25) is 0 Å². The number of rotatable bonds is 8. The van der Waals surface area contributed by atoms with E-state index in [0.717, 1.165) is 13.0 Å². The third kappa shape index (κ3) is 3.06. The molecule has 114 valence electrons. The molecule has 4 nitrogen and oxygen atoms in total. The molecular formula is C15H26N2O2S. The standard InChI is InChI=1S/C15H26N2O2S/c1-11(2)15(10-19-4,16-8-9-18-3)14-17-12-6-5-7-13(12)20-14/h11,16H,5-10H2,1-4H3. The van der Waals surface area contributed by atoms with E-state index in [1.54, 1.807) is 14.2 Å². The summed E-state index contributed by atoms with van der Waals surface area (Å²) in [6.45, 7) is 6.60. The Bertz CT molecular complexity index is 412. The van der Waals surface area contributed by atoms with Gasteiger partial charge in [-0.25, -0.2) is 4.98 Å². The monoisotopic (exact) mass is 298 g/mol. The fourth-order valence-corrected chi connectivity index (χ4v) is 4.24. The average Bonchev–Trinajstić information content (AvgIpc) is 2.98. The van der Waals surface area contributed by atoms with E-state index in [1.165, 1.54) is 28.4 Å². The molecule has 0 spiro atoms. The third-order valence-electron chi connectivity index (χ3n) is 4.08.